The van der Waals surface area contributed by atoms with E-state index in [1.54, 1.807) is 7.11 Å². The third-order valence-electron chi connectivity index (χ3n) is 3.31. The van der Waals surface area contributed by atoms with Crippen LogP contribution in [0, 0.1) is 0 Å². The van der Waals surface area contributed by atoms with Crippen molar-refractivity contribution in [3.8, 4) is 11.5 Å². The van der Waals surface area contributed by atoms with Gasteiger partial charge in [-0.2, -0.15) is 0 Å². The Bertz CT molecular complexity index is 549. The summed E-state index contributed by atoms with van der Waals surface area (Å²) in [6.07, 6.45) is 1.05. The van der Waals surface area contributed by atoms with Gasteiger partial charge in [-0.05, 0) is 35.7 Å². The smallest absolute Gasteiger partial charge is 0.124 e. The summed E-state index contributed by atoms with van der Waals surface area (Å²) in [7, 11) is 1.64. The molecule has 0 heterocycles. The molecule has 0 bridgehead atoms. The van der Waals surface area contributed by atoms with Gasteiger partial charge in [-0.3, -0.25) is 0 Å². The van der Waals surface area contributed by atoms with Gasteiger partial charge in [0.2, 0.25) is 0 Å². The van der Waals surface area contributed by atoms with Crippen molar-refractivity contribution in [3.05, 3.63) is 59.2 Å². The highest BCUT2D eigenvalue weighted by molar-refractivity contribution is 5.40. The van der Waals surface area contributed by atoms with E-state index in [4.69, 9.17) is 15.2 Å². The average Bonchev–Trinajstić information content (AvgIpc) is 2.53. The Kier molecular flexibility index (Phi) is 5.02. The number of hydrogen-bond donors (Lipinski definition) is 1. The molecule has 20 heavy (non-hydrogen) atoms. The number of benzene rings is 2. The van der Waals surface area contributed by atoms with Crippen LogP contribution >= 0.6 is 0 Å². The summed E-state index contributed by atoms with van der Waals surface area (Å²) in [4.78, 5) is 0. The van der Waals surface area contributed by atoms with Crippen LogP contribution in [0.1, 0.15) is 23.6 Å². The van der Waals surface area contributed by atoms with Gasteiger partial charge in [-0.15, -0.1) is 0 Å². The zero-order chi connectivity index (χ0) is 14.4. The fourth-order valence-electron chi connectivity index (χ4n) is 2.02. The molecule has 0 atom stereocenters. The zero-order valence-electron chi connectivity index (χ0n) is 12.1. The van der Waals surface area contributed by atoms with E-state index in [1.165, 1.54) is 5.56 Å². The SMILES string of the molecule is CCc1ccc(COc2ccc(OC)cc2CN)cc1. The molecule has 2 aromatic rings. The van der Waals surface area contributed by atoms with Gasteiger partial charge in [-0.1, -0.05) is 31.2 Å². The second-order valence-electron chi connectivity index (χ2n) is 4.64. The number of ether oxygens (including phenoxy) is 2. The highest BCUT2D eigenvalue weighted by Gasteiger charge is 2.05. The molecule has 0 spiro atoms. The lowest BCUT2D eigenvalue weighted by atomic mass is 10.1. The second-order valence-corrected chi connectivity index (χ2v) is 4.64. The Balaban J connectivity index is 2.05. The number of rotatable bonds is 6. The summed E-state index contributed by atoms with van der Waals surface area (Å²) in [6, 6.07) is 14.2. The predicted molar refractivity (Wildman–Crippen MR) is 81.0 cm³/mol. The number of hydrogen-bond acceptors (Lipinski definition) is 3. The first-order chi connectivity index (χ1) is 9.76. The largest absolute Gasteiger partial charge is 0.497 e. The topological polar surface area (TPSA) is 44.5 Å². The van der Waals surface area contributed by atoms with Gasteiger partial charge in [-0.25, -0.2) is 0 Å². The van der Waals surface area contributed by atoms with E-state index in [9.17, 15) is 0 Å². The maximum atomic E-state index is 5.85. The van der Waals surface area contributed by atoms with E-state index >= 15 is 0 Å². The van der Waals surface area contributed by atoms with Gasteiger partial charge in [0.05, 0.1) is 7.11 Å². The summed E-state index contributed by atoms with van der Waals surface area (Å²) in [6.45, 7) is 3.13. The van der Waals surface area contributed by atoms with Crippen LogP contribution in [-0.4, -0.2) is 7.11 Å². The molecule has 0 saturated heterocycles. The average molecular weight is 271 g/mol. The predicted octanol–water partition coefficient (Wildman–Crippen LogP) is 3.30. The van der Waals surface area contributed by atoms with E-state index < -0.39 is 0 Å². The van der Waals surface area contributed by atoms with Gasteiger partial charge in [0, 0.05) is 12.1 Å². The minimum absolute atomic E-state index is 0.432. The van der Waals surface area contributed by atoms with Crippen LogP contribution in [-0.2, 0) is 19.6 Å². The number of nitrogens with two attached hydrogens (primary N) is 1. The van der Waals surface area contributed by atoms with Crippen molar-refractivity contribution in [1.29, 1.82) is 0 Å². The molecule has 2 rings (SSSR count). The van der Waals surface area contributed by atoms with Crippen molar-refractivity contribution >= 4 is 0 Å². The Morgan fingerprint density at radius 3 is 2.30 bits per heavy atom. The van der Waals surface area contributed by atoms with Gasteiger partial charge in [0.15, 0.2) is 0 Å². The molecular weight excluding hydrogens is 250 g/mol. The Morgan fingerprint density at radius 2 is 1.70 bits per heavy atom. The molecule has 0 fully saturated rings. The summed E-state index contributed by atoms with van der Waals surface area (Å²) in [5.74, 6) is 1.61. The number of methoxy groups -OCH3 is 1. The minimum Gasteiger partial charge on any atom is -0.497 e. The van der Waals surface area contributed by atoms with Gasteiger partial charge in [0.1, 0.15) is 18.1 Å². The first-order valence-corrected chi connectivity index (χ1v) is 6.84. The van der Waals surface area contributed by atoms with Gasteiger partial charge in [0.25, 0.3) is 0 Å². The first kappa shape index (κ1) is 14.4. The third-order valence-corrected chi connectivity index (χ3v) is 3.31. The van der Waals surface area contributed by atoms with Crippen molar-refractivity contribution < 1.29 is 9.47 Å². The molecule has 0 unspecified atom stereocenters. The standard InChI is InChI=1S/C17H21NO2/c1-3-13-4-6-14(7-5-13)12-20-17-9-8-16(19-2)10-15(17)11-18/h4-10H,3,11-12,18H2,1-2H3. The van der Waals surface area contributed by atoms with Gasteiger partial charge < -0.3 is 15.2 Å². The van der Waals surface area contributed by atoms with E-state index in [0.29, 0.717) is 13.2 Å². The molecule has 0 aromatic heterocycles. The molecule has 3 heteroatoms. The second kappa shape index (κ2) is 6.96. The molecule has 106 valence electrons. The van der Waals surface area contributed by atoms with E-state index in [1.807, 2.05) is 18.2 Å². The molecular formula is C17H21NO2. The van der Waals surface area contributed by atoms with E-state index in [-0.39, 0.29) is 0 Å². The molecule has 0 amide bonds. The lowest BCUT2D eigenvalue weighted by Gasteiger charge is -2.12. The fourth-order valence-corrected chi connectivity index (χ4v) is 2.02. The van der Waals surface area contributed by atoms with Crippen LogP contribution in [0.4, 0.5) is 0 Å². The summed E-state index contributed by atoms with van der Waals surface area (Å²) in [5.41, 5.74) is 9.19. The van der Waals surface area contributed by atoms with E-state index in [2.05, 4.69) is 31.2 Å². The molecule has 0 aliphatic carbocycles. The maximum Gasteiger partial charge on any atom is 0.124 e. The van der Waals surface area contributed by atoms with Crippen LogP contribution in [0.15, 0.2) is 42.5 Å². The summed E-state index contributed by atoms with van der Waals surface area (Å²) in [5, 5.41) is 0. The zero-order valence-corrected chi connectivity index (χ0v) is 12.1. The third kappa shape index (κ3) is 3.52. The Morgan fingerprint density at radius 1 is 1.00 bits per heavy atom. The lowest BCUT2D eigenvalue weighted by molar-refractivity contribution is 0.302. The Hall–Kier alpha value is -2.00. The summed E-state index contributed by atoms with van der Waals surface area (Å²) >= 11 is 0. The monoisotopic (exact) mass is 271 g/mol. The van der Waals surface area contributed by atoms with Crippen LogP contribution < -0.4 is 15.2 Å². The minimum atomic E-state index is 0.432. The quantitative estimate of drug-likeness (QED) is 0.876. The lowest BCUT2D eigenvalue weighted by Crippen LogP contribution is -2.03. The number of aryl methyl sites for hydroxylation is 1. The fraction of sp³-hybridized carbons (Fsp3) is 0.294. The molecule has 0 radical (unpaired) electrons. The molecule has 3 nitrogen and oxygen atoms in total. The van der Waals surface area contributed by atoms with Crippen LogP contribution in [0.3, 0.4) is 0 Å². The van der Waals surface area contributed by atoms with Crippen molar-refractivity contribution in [2.75, 3.05) is 7.11 Å². The van der Waals surface area contributed by atoms with Gasteiger partial charge >= 0.3 is 0 Å². The molecule has 0 aliphatic rings. The molecule has 0 saturated carbocycles. The molecule has 0 aliphatic heterocycles. The van der Waals surface area contributed by atoms with Crippen LogP contribution in [0.25, 0.3) is 0 Å². The highest BCUT2D eigenvalue weighted by Crippen LogP contribution is 2.24. The Labute approximate surface area is 120 Å². The first-order valence-electron chi connectivity index (χ1n) is 6.84. The van der Waals surface area contributed by atoms with Crippen molar-refractivity contribution in [1.82, 2.24) is 0 Å². The molecule has 2 aromatic carbocycles. The van der Waals surface area contributed by atoms with Crippen LogP contribution in [0.2, 0.25) is 0 Å². The molecule has 2 N–H and O–H groups in total. The van der Waals surface area contributed by atoms with E-state index in [0.717, 1.165) is 29.0 Å². The highest BCUT2D eigenvalue weighted by atomic mass is 16.5. The van der Waals surface area contributed by atoms with Crippen molar-refractivity contribution in [2.45, 2.75) is 26.5 Å². The maximum absolute atomic E-state index is 5.85. The normalized spacial score (nSPS) is 10.3. The van der Waals surface area contributed by atoms with Crippen molar-refractivity contribution in [3.63, 3.8) is 0 Å². The van der Waals surface area contributed by atoms with Crippen LogP contribution in [0.5, 0.6) is 11.5 Å². The summed E-state index contributed by atoms with van der Waals surface area (Å²) < 4.78 is 11.0. The van der Waals surface area contributed by atoms with Crippen molar-refractivity contribution in [2.24, 2.45) is 5.73 Å².